The largest absolute Gasteiger partial charge is 0.508 e. The van der Waals surface area contributed by atoms with Crippen molar-refractivity contribution in [1.29, 1.82) is 0 Å². The highest BCUT2D eigenvalue weighted by molar-refractivity contribution is 5.34. The summed E-state index contributed by atoms with van der Waals surface area (Å²) in [5, 5.41) is 12.9. The maximum Gasteiger partial charge on any atom is 0.123 e. The van der Waals surface area contributed by atoms with E-state index in [2.05, 4.69) is 19.2 Å². The topological polar surface area (TPSA) is 41.5 Å². The fraction of sp³-hybridized carbons (Fsp3) is 0.600. The number of rotatable bonds is 8. The summed E-state index contributed by atoms with van der Waals surface area (Å²) < 4.78 is 18.6. The molecule has 0 heterocycles. The highest BCUT2D eigenvalue weighted by Gasteiger charge is 2.10. The molecular weight excluding hydrogens is 245 g/mol. The van der Waals surface area contributed by atoms with E-state index < -0.39 is 0 Å². The van der Waals surface area contributed by atoms with Crippen LogP contribution in [0, 0.1) is 11.7 Å². The first-order chi connectivity index (χ1) is 9.00. The molecule has 3 nitrogen and oxygen atoms in total. The number of hydrogen-bond acceptors (Lipinski definition) is 3. The molecule has 108 valence electrons. The molecule has 2 N–H and O–H groups in total. The van der Waals surface area contributed by atoms with Crippen LogP contribution in [0.5, 0.6) is 5.75 Å². The van der Waals surface area contributed by atoms with Gasteiger partial charge in [0.05, 0.1) is 6.61 Å². The first-order valence-electron chi connectivity index (χ1n) is 6.80. The number of halogens is 1. The van der Waals surface area contributed by atoms with E-state index in [9.17, 15) is 9.50 Å². The van der Waals surface area contributed by atoms with Gasteiger partial charge in [-0.1, -0.05) is 13.8 Å². The van der Waals surface area contributed by atoms with Crippen molar-refractivity contribution in [1.82, 2.24) is 5.32 Å². The Morgan fingerprint density at radius 1 is 1.26 bits per heavy atom. The van der Waals surface area contributed by atoms with Crippen molar-refractivity contribution in [3.63, 3.8) is 0 Å². The maximum absolute atomic E-state index is 13.1. The molecule has 1 aromatic carbocycles. The van der Waals surface area contributed by atoms with Crippen LogP contribution < -0.4 is 5.32 Å². The number of phenols is 1. The summed E-state index contributed by atoms with van der Waals surface area (Å²) in [7, 11) is 0. The van der Waals surface area contributed by atoms with Gasteiger partial charge < -0.3 is 15.2 Å². The van der Waals surface area contributed by atoms with E-state index in [1.165, 1.54) is 18.2 Å². The molecule has 0 spiro atoms. The Balaban J connectivity index is 2.27. The van der Waals surface area contributed by atoms with Crippen LogP contribution in [0.25, 0.3) is 0 Å². The van der Waals surface area contributed by atoms with Crippen molar-refractivity contribution < 1.29 is 14.2 Å². The van der Waals surface area contributed by atoms with Gasteiger partial charge in [0.15, 0.2) is 0 Å². The minimum Gasteiger partial charge on any atom is -0.508 e. The van der Waals surface area contributed by atoms with Gasteiger partial charge in [-0.15, -0.1) is 0 Å². The molecular formula is C15H24FNO2. The van der Waals surface area contributed by atoms with E-state index in [0.29, 0.717) is 24.6 Å². The van der Waals surface area contributed by atoms with E-state index >= 15 is 0 Å². The third-order valence-electron chi connectivity index (χ3n) is 2.99. The van der Waals surface area contributed by atoms with Gasteiger partial charge >= 0.3 is 0 Å². The molecule has 19 heavy (non-hydrogen) atoms. The lowest BCUT2D eigenvalue weighted by Crippen LogP contribution is -2.23. The molecule has 1 atom stereocenters. The highest BCUT2D eigenvalue weighted by Crippen LogP contribution is 2.24. The molecule has 0 aromatic heterocycles. The Hall–Kier alpha value is -1.13. The number of aromatic hydroxyl groups is 1. The predicted molar refractivity (Wildman–Crippen MR) is 74.8 cm³/mol. The Morgan fingerprint density at radius 3 is 2.68 bits per heavy atom. The summed E-state index contributed by atoms with van der Waals surface area (Å²) in [5.41, 5.74) is 0.571. The van der Waals surface area contributed by atoms with Gasteiger partial charge in [-0.2, -0.15) is 0 Å². The third kappa shape index (κ3) is 6.03. The van der Waals surface area contributed by atoms with Crippen LogP contribution in [0.3, 0.4) is 0 Å². The van der Waals surface area contributed by atoms with E-state index in [4.69, 9.17) is 4.74 Å². The second-order valence-corrected chi connectivity index (χ2v) is 5.17. The third-order valence-corrected chi connectivity index (χ3v) is 2.99. The molecule has 0 aliphatic rings. The molecule has 0 saturated carbocycles. The standard InChI is InChI=1S/C15H24FNO2/c1-11(2)6-8-19-9-7-17-12(3)14-10-13(16)4-5-15(14)18/h4-5,10-12,17-18H,6-9H2,1-3H3. The molecule has 4 heteroatoms. The van der Waals surface area contributed by atoms with E-state index in [0.717, 1.165) is 13.0 Å². The lowest BCUT2D eigenvalue weighted by molar-refractivity contribution is 0.123. The number of phenolic OH excluding ortho intramolecular Hbond substituents is 1. The summed E-state index contributed by atoms with van der Waals surface area (Å²) in [4.78, 5) is 0. The fourth-order valence-corrected chi connectivity index (χ4v) is 1.75. The number of ether oxygens (including phenoxy) is 1. The van der Waals surface area contributed by atoms with Gasteiger partial charge in [0, 0.05) is 24.8 Å². The smallest absolute Gasteiger partial charge is 0.123 e. The van der Waals surface area contributed by atoms with Crippen molar-refractivity contribution in [3.05, 3.63) is 29.6 Å². The molecule has 1 unspecified atom stereocenters. The first-order valence-corrected chi connectivity index (χ1v) is 6.80. The van der Waals surface area contributed by atoms with Crippen molar-refractivity contribution in [2.24, 2.45) is 5.92 Å². The normalized spacial score (nSPS) is 12.9. The van der Waals surface area contributed by atoms with Gasteiger partial charge in [0.2, 0.25) is 0 Å². The van der Waals surface area contributed by atoms with Crippen molar-refractivity contribution >= 4 is 0 Å². The summed E-state index contributed by atoms with van der Waals surface area (Å²) in [6.45, 7) is 8.27. The second-order valence-electron chi connectivity index (χ2n) is 5.17. The van der Waals surface area contributed by atoms with E-state index in [-0.39, 0.29) is 17.6 Å². The van der Waals surface area contributed by atoms with Crippen molar-refractivity contribution in [2.45, 2.75) is 33.2 Å². The van der Waals surface area contributed by atoms with Gasteiger partial charge in [-0.3, -0.25) is 0 Å². The van der Waals surface area contributed by atoms with Crippen LogP contribution in [0.4, 0.5) is 4.39 Å². The van der Waals surface area contributed by atoms with Gasteiger partial charge in [-0.05, 0) is 37.5 Å². The van der Waals surface area contributed by atoms with Gasteiger partial charge in [-0.25, -0.2) is 4.39 Å². The van der Waals surface area contributed by atoms with Crippen LogP contribution in [0.1, 0.15) is 38.8 Å². The van der Waals surface area contributed by atoms with Gasteiger partial charge in [0.25, 0.3) is 0 Å². The molecule has 0 saturated heterocycles. The molecule has 0 amide bonds. The average Bonchev–Trinajstić information content (AvgIpc) is 2.36. The van der Waals surface area contributed by atoms with Crippen molar-refractivity contribution in [2.75, 3.05) is 19.8 Å². The van der Waals surface area contributed by atoms with Crippen molar-refractivity contribution in [3.8, 4) is 5.75 Å². The summed E-state index contributed by atoms with van der Waals surface area (Å²) in [6, 6.07) is 3.87. The van der Waals surface area contributed by atoms with Gasteiger partial charge in [0.1, 0.15) is 11.6 Å². The summed E-state index contributed by atoms with van der Waals surface area (Å²) >= 11 is 0. The van der Waals surface area contributed by atoms with E-state index in [1.807, 2.05) is 6.92 Å². The summed E-state index contributed by atoms with van der Waals surface area (Å²) in [5.74, 6) is 0.424. The Labute approximate surface area is 114 Å². The second kappa shape index (κ2) is 8.12. The monoisotopic (exact) mass is 269 g/mol. The Bertz CT molecular complexity index is 382. The molecule has 1 aromatic rings. The zero-order valence-corrected chi connectivity index (χ0v) is 11.9. The average molecular weight is 269 g/mol. The molecule has 0 aliphatic heterocycles. The predicted octanol–water partition coefficient (Wildman–Crippen LogP) is 3.24. The Morgan fingerprint density at radius 2 is 2.00 bits per heavy atom. The molecule has 0 aliphatic carbocycles. The lowest BCUT2D eigenvalue weighted by atomic mass is 10.1. The SMILES string of the molecule is CC(C)CCOCCNC(C)c1cc(F)ccc1O. The fourth-order valence-electron chi connectivity index (χ4n) is 1.75. The minimum atomic E-state index is -0.338. The van der Waals surface area contributed by atoms with Crippen LogP contribution >= 0.6 is 0 Å². The van der Waals surface area contributed by atoms with Crippen LogP contribution in [-0.2, 0) is 4.74 Å². The van der Waals surface area contributed by atoms with Crippen LogP contribution in [-0.4, -0.2) is 24.9 Å². The summed E-state index contributed by atoms with van der Waals surface area (Å²) in [6.07, 6.45) is 1.06. The highest BCUT2D eigenvalue weighted by atomic mass is 19.1. The molecule has 0 bridgehead atoms. The lowest BCUT2D eigenvalue weighted by Gasteiger charge is -2.16. The van der Waals surface area contributed by atoms with E-state index in [1.54, 1.807) is 0 Å². The minimum absolute atomic E-state index is 0.107. The molecule has 1 rings (SSSR count). The quantitative estimate of drug-likeness (QED) is 0.712. The maximum atomic E-state index is 13.1. The molecule has 0 radical (unpaired) electrons. The Kier molecular flexibility index (Phi) is 6.81. The zero-order chi connectivity index (χ0) is 14.3. The first kappa shape index (κ1) is 15.9. The zero-order valence-electron chi connectivity index (χ0n) is 11.9. The number of benzene rings is 1. The van der Waals surface area contributed by atoms with Crippen LogP contribution in [0.2, 0.25) is 0 Å². The van der Waals surface area contributed by atoms with Crippen LogP contribution in [0.15, 0.2) is 18.2 Å². The number of nitrogens with one attached hydrogen (secondary N) is 1. The number of hydrogen-bond donors (Lipinski definition) is 2. The molecule has 0 fully saturated rings.